The summed E-state index contributed by atoms with van der Waals surface area (Å²) in [6.07, 6.45) is 5.61. The van der Waals surface area contributed by atoms with Crippen LogP contribution in [-0.2, 0) is 14.6 Å². The van der Waals surface area contributed by atoms with Gasteiger partial charge in [-0.15, -0.1) is 5.92 Å². The molecule has 0 spiro atoms. The summed E-state index contributed by atoms with van der Waals surface area (Å²) >= 11 is 0. The summed E-state index contributed by atoms with van der Waals surface area (Å²) in [5.41, 5.74) is -0.0904. The van der Waals surface area contributed by atoms with Gasteiger partial charge in [0.05, 0.1) is 0 Å². The fourth-order valence-electron chi connectivity index (χ4n) is 1.23. The zero-order chi connectivity index (χ0) is 12.6. The predicted molar refractivity (Wildman–Crippen MR) is 63.3 cm³/mol. The minimum absolute atomic E-state index is 0.500. The molecule has 0 aliphatic heterocycles. The van der Waals surface area contributed by atoms with E-state index in [9.17, 15) is 4.79 Å². The van der Waals surface area contributed by atoms with Gasteiger partial charge in [0.15, 0.2) is 5.60 Å². The Labute approximate surface area is 97.1 Å². The van der Waals surface area contributed by atoms with Gasteiger partial charge in [0.25, 0.3) is 0 Å². The average Bonchev–Trinajstić information content (AvgIpc) is 2.23. The first-order valence-corrected chi connectivity index (χ1v) is 5.09. The molecule has 0 rings (SSSR count). The summed E-state index contributed by atoms with van der Waals surface area (Å²) in [5.74, 6) is 5.15. The molecule has 0 saturated heterocycles. The van der Waals surface area contributed by atoms with Crippen molar-refractivity contribution in [2.75, 3.05) is 0 Å². The van der Waals surface area contributed by atoms with Gasteiger partial charge in [-0.1, -0.05) is 24.1 Å². The highest BCUT2D eigenvalue weighted by molar-refractivity contribution is 5.65. The van der Waals surface area contributed by atoms with Crippen LogP contribution < -0.4 is 0 Å². The molecule has 0 aromatic carbocycles. The Hall–Kier alpha value is -1.53. The van der Waals surface area contributed by atoms with E-state index in [-0.39, 0.29) is 0 Å². The van der Waals surface area contributed by atoms with Crippen molar-refractivity contribution < 1.29 is 14.6 Å². The zero-order valence-corrected chi connectivity index (χ0v) is 10.5. The van der Waals surface area contributed by atoms with Gasteiger partial charge in [-0.25, -0.2) is 4.79 Å². The lowest BCUT2D eigenvalue weighted by molar-refractivity contribution is -0.303. The van der Waals surface area contributed by atoms with Crippen molar-refractivity contribution in [2.45, 2.75) is 40.2 Å². The second-order valence-corrected chi connectivity index (χ2v) is 3.31. The third-order valence-corrected chi connectivity index (χ3v) is 1.90. The summed E-state index contributed by atoms with van der Waals surface area (Å²) in [7, 11) is 0. The Balaban J connectivity index is 5.05. The van der Waals surface area contributed by atoms with Crippen LogP contribution in [0.1, 0.15) is 34.6 Å². The van der Waals surface area contributed by atoms with Gasteiger partial charge in [0.2, 0.25) is 0 Å². The second kappa shape index (κ2) is 6.86. The van der Waals surface area contributed by atoms with Gasteiger partial charge in [-0.3, -0.25) is 4.89 Å². The van der Waals surface area contributed by atoms with Crippen LogP contribution in [0.4, 0.5) is 0 Å². The smallest absolute Gasteiger partial charge is 0.297 e. The molecule has 0 aliphatic rings. The van der Waals surface area contributed by atoms with Crippen molar-refractivity contribution in [3.8, 4) is 11.8 Å². The van der Waals surface area contributed by atoms with Crippen molar-refractivity contribution in [1.82, 2.24) is 0 Å². The molecule has 0 N–H and O–H groups in total. The Kier molecular flexibility index (Phi) is 6.21. The molecule has 0 amide bonds. The minimum Gasteiger partial charge on any atom is -0.297 e. The number of carbonyl (C=O) groups is 1. The first-order chi connectivity index (χ1) is 7.50. The molecule has 1 unspecified atom stereocenters. The number of allylic oxidation sites excluding steroid dienone is 2. The van der Waals surface area contributed by atoms with Gasteiger partial charge >= 0.3 is 5.97 Å². The number of rotatable bonds is 4. The maximum atomic E-state index is 10.7. The van der Waals surface area contributed by atoms with Crippen LogP contribution in [0.2, 0.25) is 0 Å². The summed E-state index contributed by atoms with van der Waals surface area (Å²) < 4.78 is 0. The molecule has 16 heavy (non-hydrogen) atoms. The fraction of sp³-hybridized carbons (Fsp3) is 0.462. The minimum atomic E-state index is -0.929. The van der Waals surface area contributed by atoms with Crippen LogP contribution in [0.3, 0.4) is 0 Å². The van der Waals surface area contributed by atoms with Crippen LogP contribution in [0, 0.1) is 11.8 Å². The molecule has 3 nitrogen and oxygen atoms in total. The average molecular weight is 222 g/mol. The van der Waals surface area contributed by atoms with Crippen molar-refractivity contribution in [3.05, 3.63) is 23.8 Å². The third-order valence-electron chi connectivity index (χ3n) is 1.90. The monoisotopic (exact) mass is 222 g/mol. The molecule has 0 bridgehead atoms. The van der Waals surface area contributed by atoms with Crippen molar-refractivity contribution in [2.24, 2.45) is 0 Å². The zero-order valence-electron chi connectivity index (χ0n) is 10.5. The topological polar surface area (TPSA) is 35.5 Å². The summed E-state index contributed by atoms with van der Waals surface area (Å²) in [6.45, 7) is 8.52. The van der Waals surface area contributed by atoms with E-state index in [1.165, 1.54) is 6.92 Å². The number of hydrogen-bond acceptors (Lipinski definition) is 3. The van der Waals surface area contributed by atoms with Gasteiger partial charge in [-0.05, 0) is 33.3 Å². The van der Waals surface area contributed by atoms with Crippen molar-refractivity contribution in [1.29, 1.82) is 0 Å². The molecule has 0 aliphatic carbocycles. The SMILES string of the molecule is CC#CC(C)(OOC(C)=O)C(/C=C\C)=C/C. The lowest BCUT2D eigenvalue weighted by Crippen LogP contribution is -2.30. The van der Waals surface area contributed by atoms with Crippen LogP contribution in [-0.4, -0.2) is 11.6 Å². The highest BCUT2D eigenvalue weighted by Gasteiger charge is 2.28. The molecule has 0 radical (unpaired) electrons. The normalized spacial score (nSPS) is 15.2. The molecule has 1 atom stereocenters. The van der Waals surface area contributed by atoms with E-state index in [4.69, 9.17) is 4.89 Å². The fourth-order valence-corrected chi connectivity index (χ4v) is 1.23. The van der Waals surface area contributed by atoms with Crippen LogP contribution >= 0.6 is 0 Å². The van der Waals surface area contributed by atoms with Gasteiger partial charge in [-0.2, -0.15) is 4.89 Å². The van der Waals surface area contributed by atoms with Crippen LogP contribution in [0.5, 0.6) is 0 Å². The maximum Gasteiger partial charge on any atom is 0.339 e. The highest BCUT2D eigenvalue weighted by atomic mass is 17.2. The van der Waals surface area contributed by atoms with Crippen molar-refractivity contribution >= 4 is 5.97 Å². The van der Waals surface area contributed by atoms with Crippen LogP contribution in [0.25, 0.3) is 0 Å². The molecule has 0 fully saturated rings. The van der Waals surface area contributed by atoms with E-state index < -0.39 is 11.6 Å². The van der Waals surface area contributed by atoms with E-state index in [0.717, 1.165) is 5.57 Å². The van der Waals surface area contributed by atoms with Crippen molar-refractivity contribution in [3.63, 3.8) is 0 Å². The van der Waals surface area contributed by atoms with E-state index in [0.29, 0.717) is 0 Å². The Morgan fingerprint density at radius 1 is 1.38 bits per heavy atom. The molecule has 0 aromatic rings. The molecule has 88 valence electrons. The molecule has 3 heteroatoms. The van der Waals surface area contributed by atoms with Gasteiger partial charge in [0.1, 0.15) is 0 Å². The predicted octanol–water partition coefficient (Wildman–Crippen LogP) is 2.79. The Morgan fingerprint density at radius 3 is 2.38 bits per heavy atom. The molecule has 0 heterocycles. The molecular formula is C13H18O3. The Bertz CT molecular complexity index is 355. The largest absolute Gasteiger partial charge is 0.339 e. The highest BCUT2D eigenvalue weighted by Crippen LogP contribution is 2.22. The molecule has 0 saturated carbocycles. The lowest BCUT2D eigenvalue weighted by Gasteiger charge is -2.22. The van der Waals surface area contributed by atoms with E-state index in [2.05, 4.69) is 16.7 Å². The van der Waals surface area contributed by atoms with E-state index in [1.807, 2.05) is 32.1 Å². The van der Waals surface area contributed by atoms with Gasteiger partial charge < -0.3 is 0 Å². The van der Waals surface area contributed by atoms with E-state index in [1.54, 1.807) is 13.8 Å². The number of carbonyl (C=O) groups excluding carboxylic acids is 1. The summed E-state index contributed by atoms with van der Waals surface area (Å²) in [5, 5.41) is 0. The summed E-state index contributed by atoms with van der Waals surface area (Å²) in [6, 6.07) is 0. The summed E-state index contributed by atoms with van der Waals surface area (Å²) in [4.78, 5) is 20.4. The first-order valence-electron chi connectivity index (χ1n) is 5.09. The molecular weight excluding hydrogens is 204 g/mol. The van der Waals surface area contributed by atoms with Crippen LogP contribution in [0.15, 0.2) is 23.8 Å². The lowest BCUT2D eigenvalue weighted by atomic mass is 9.95. The third kappa shape index (κ3) is 4.33. The molecule has 0 aromatic heterocycles. The maximum absolute atomic E-state index is 10.7. The quantitative estimate of drug-likeness (QED) is 0.317. The number of hydrogen-bond donors (Lipinski definition) is 0. The van der Waals surface area contributed by atoms with E-state index >= 15 is 0 Å². The van der Waals surface area contributed by atoms with Gasteiger partial charge in [0, 0.05) is 6.92 Å². The standard InChI is InChI=1S/C13H18O3/c1-6-9-12(8-3)13(5,10-7-2)16-15-11(4)14/h6,8-9H,1-5H3/b9-6-,12-8+. The Morgan fingerprint density at radius 2 is 2.00 bits per heavy atom. The second-order valence-electron chi connectivity index (χ2n) is 3.31. The first kappa shape index (κ1) is 14.5.